The van der Waals surface area contributed by atoms with Gasteiger partial charge in [0.2, 0.25) is 0 Å². The smallest absolute Gasteiger partial charge is 0.363 e. The molecule has 78 valence electrons. The molecule has 0 aliphatic heterocycles. The first-order valence-electron chi connectivity index (χ1n) is 3.96. The highest BCUT2D eigenvalue weighted by molar-refractivity contribution is 5.79. The number of nitrogens with zero attached hydrogens (tertiary/aromatic N) is 3. The fraction of sp³-hybridized carbons (Fsp3) is 0.571. The number of rotatable bonds is 3. The first-order chi connectivity index (χ1) is 6.35. The van der Waals surface area contributed by atoms with Crippen LogP contribution in [0.3, 0.4) is 0 Å². The number of carbonyl (C=O) groups excluding carboxylic acids is 1. The minimum Gasteiger partial charge on any atom is -0.363 e. The van der Waals surface area contributed by atoms with Crippen LogP contribution < -0.4 is 5.73 Å². The lowest BCUT2D eigenvalue weighted by Crippen LogP contribution is -2.39. The molecular weight excluding hydrogens is 194 g/mol. The minimum atomic E-state index is -3.82. The quantitative estimate of drug-likeness (QED) is 0.776. The Bertz CT molecular complexity index is 347. The summed E-state index contributed by atoms with van der Waals surface area (Å²) in [6, 6.07) is -3.82. The molecule has 14 heavy (non-hydrogen) atoms. The van der Waals surface area contributed by atoms with Gasteiger partial charge in [0.1, 0.15) is 0 Å². The first kappa shape index (κ1) is 10.6. The second-order valence-electron chi connectivity index (χ2n) is 3.15. The van der Waals surface area contributed by atoms with E-state index in [4.69, 9.17) is 0 Å². The molecule has 0 radical (unpaired) electrons. The van der Waals surface area contributed by atoms with Gasteiger partial charge in [0.15, 0.2) is 0 Å². The lowest BCUT2D eigenvalue weighted by Gasteiger charge is -2.10. The molecule has 1 aromatic heterocycles. The lowest BCUT2D eigenvalue weighted by atomic mass is 10.2. The van der Waals surface area contributed by atoms with E-state index in [2.05, 4.69) is 16.0 Å². The van der Waals surface area contributed by atoms with E-state index in [0.29, 0.717) is 5.69 Å². The predicted octanol–water partition coefficient (Wildman–Crippen LogP) is 0.436. The van der Waals surface area contributed by atoms with Crippen molar-refractivity contribution in [2.24, 2.45) is 5.73 Å². The second-order valence-corrected chi connectivity index (χ2v) is 3.15. The van der Waals surface area contributed by atoms with Gasteiger partial charge >= 0.3 is 12.0 Å². The van der Waals surface area contributed by atoms with Gasteiger partial charge in [-0.1, -0.05) is 19.1 Å². The van der Waals surface area contributed by atoms with Crippen LogP contribution in [0.1, 0.15) is 25.5 Å². The van der Waals surface area contributed by atoms with Crippen LogP contribution in [0.25, 0.3) is 0 Å². The zero-order chi connectivity index (χ0) is 10.9. The zero-order valence-electron chi connectivity index (χ0n) is 7.74. The van der Waals surface area contributed by atoms with Crippen molar-refractivity contribution in [3.8, 4) is 0 Å². The van der Waals surface area contributed by atoms with Crippen LogP contribution in [0.15, 0.2) is 6.20 Å². The van der Waals surface area contributed by atoms with Crippen molar-refractivity contribution in [3.05, 3.63) is 11.9 Å². The molecule has 0 aromatic carbocycles. The number of amides is 1. The van der Waals surface area contributed by atoms with Crippen LogP contribution >= 0.6 is 0 Å². The molecule has 0 fully saturated rings. The maximum absolute atomic E-state index is 12.9. The molecule has 1 rings (SSSR count). The number of carbonyl (C=O) groups is 1. The van der Waals surface area contributed by atoms with Gasteiger partial charge in [0.05, 0.1) is 11.9 Å². The van der Waals surface area contributed by atoms with Crippen molar-refractivity contribution < 1.29 is 13.6 Å². The number of hydrogen-bond donors (Lipinski definition) is 1. The second kappa shape index (κ2) is 3.32. The molecular formula is C7H10F2N4O. The monoisotopic (exact) mass is 204 g/mol. The van der Waals surface area contributed by atoms with Gasteiger partial charge in [-0.3, -0.25) is 4.79 Å². The summed E-state index contributed by atoms with van der Waals surface area (Å²) >= 11 is 0. The fourth-order valence-corrected chi connectivity index (χ4v) is 0.791. The van der Waals surface area contributed by atoms with Crippen LogP contribution in [0, 0.1) is 0 Å². The minimum absolute atomic E-state index is 0.0348. The Morgan fingerprint density at radius 3 is 2.57 bits per heavy atom. The maximum atomic E-state index is 12.9. The fourth-order valence-electron chi connectivity index (χ4n) is 0.791. The third-order valence-corrected chi connectivity index (χ3v) is 1.69. The van der Waals surface area contributed by atoms with Gasteiger partial charge < -0.3 is 5.73 Å². The normalized spacial score (nSPS) is 12.1. The summed E-state index contributed by atoms with van der Waals surface area (Å²) in [6.07, 6.45) is 1.01. The summed E-state index contributed by atoms with van der Waals surface area (Å²) in [4.78, 5) is 10.4. The average molecular weight is 204 g/mol. The average Bonchev–Trinajstić information content (AvgIpc) is 2.51. The van der Waals surface area contributed by atoms with E-state index >= 15 is 0 Å². The lowest BCUT2D eigenvalue weighted by molar-refractivity contribution is -0.159. The highest BCUT2D eigenvalue weighted by Gasteiger charge is 2.40. The molecule has 0 saturated carbocycles. The largest absolute Gasteiger partial charge is 0.423 e. The molecule has 0 saturated heterocycles. The van der Waals surface area contributed by atoms with E-state index in [1.807, 2.05) is 0 Å². The SMILES string of the molecule is CC(C)c1cn(C(F)(F)C(N)=O)nn1. The van der Waals surface area contributed by atoms with Crippen LogP contribution in [-0.4, -0.2) is 20.9 Å². The van der Waals surface area contributed by atoms with E-state index in [0.717, 1.165) is 6.20 Å². The Morgan fingerprint density at radius 2 is 2.21 bits per heavy atom. The van der Waals surface area contributed by atoms with Crippen molar-refractivity contribution in [1.82, 2.24) is 15.0 Å². The molecule has 2 N–H and O–H groups in total. The Labute approximate surface area is 78.9 Å². The van der Waals surface area contributed by atoms with Crippen molar-refractivity contribution in [1.29, 1.82) is 0 Å². The van der Waals surface area contributed by atoms with E-state index in [-0.39, 0.29) is 10.6 Å². The van der Waals surface area contributed by atoms with Crippen LogP contribution in [-0.2, 0) is 10.8 Å². The Kier molecular flexibility index (Phi) is 2.50. The molecule has 5 nitrogen and oxygen atoms in total. The van der Waals surface area contributed by atoms with Gasteiger partial charge in [0, 0.05) is 0 Å². The van der Waals surface area contributed by atoms with Gasteiger partial charge in [0.25, 0.3) is 0 Å². The summed E-state index contributed by atoms with van der Waals surface area (Å²) in [5.74, 6) is -1.79. The topological polar surface area (TPSA) is 73.8 Å². The third kappa shape index (κ3) is 1.70. The van der Waals surface area contributed by atoms with Crippen LogP contribution in [0.5, 0.6) is 0 Å². The number of aromatic nitrogens is 3. The maximum Gasteiger partial charge on any atom is 0.423 e. The molecule has 1 aromatic rings. The Hall–Kier alpha value is -1.53. The molecule has 0 aliphatic carbocycles. The van der Waals surface area contributed by atoms with E-state index in [1.54, 1.807) is 13.8 Å². The molecule has 0 bridgehead atoms. The van der Waals surface area contributed by atoms with Gasteiger partial charge in [-0.2, -0.15) is 13.5 Å². The van der Waals surface area contributed by atoms with Crippen molar-refractivity contribution in [2.75, 3.05) is 0 Å². The number of hydrogen-bond acceptors (Lipinski definition) is 3. The van der Waals surface area contributed by atoms with E-state index in [9.17, 15) is 13.6 Å². The van der Waals surface area contributed by atoms with Crippen molar-refractivity contribution >= 4 is 5.91 Å². The van der Waals surface area contributed by atoms with E-state index < -0.39 is 12.0 Å². The number of nitrogens with two attached hydrogens (primary N) is 1. The Balaban J connectivity index is 3.03. The highest BCUT2D eigenvalue weighted by Crippen LogP contribution is 2.20. The Morgan fingerprint density at radius 1 is 1.64 bits per heavy atom. The third-order valence-electron chi connectivity index (χ3n) is 1.69. The van der Waals surface area contributed by atoms with Gasteiger partial charge in [-0.25, -0.2) is 0 Å². The van der Waals surface area contributed by atoms with Gasteiger partial charge in [-0.15, -0.1) is 5.10 Å². The van der Waals surface area contributed by atoms with Crippen molar-refractivity contribution in [2.45, 2.75) is 25.8 Å². The molecule has 1 amide bonds. The number of primary amides is 1. The number of alkyl halides is 2. The zero-order valence-corrected chi connectivity index (χ0v) is 7.74. The van der Waals surface area contributed by atoms with Crippen molar-refractivity contribution in [3.63, 3.8) is 0 Å². The van der Waals surface area contributed by atoms with Gasteiger partial charge in [-0.05, 0) is 5.92 Å². The summed E-state index contributed by atoms with van der Waals surface area (Å²) < 4.78 is 26.1. The standard InChI is InChI=1S/C7H10F2N4O/c1-4(2)5-3-13(12-11-5)7(8,9)6(10)14/h3-4H,1-2H3,(H2,10,14). The molecule has 0 atom stereocenters. The molecule has 0 spiro atoms. The summed E-state index contributed by atoms with van der Waals surface area (Å²) in [5.41, 5.74) is 4.89. The summed E-state index contributed by atoms with van der Waals surface area (Å²) in [5, 5.41) is 6.64. The summed E-state index contributed by atoms with van der Waals surface area (Å²) in [6.45, 7) is 3.55. The first-order valence-corrected chi connectivity index (χ1v) is 3.96. The molecule has 7 heteroatoms. The van der Waals surface area contributed by atoms with Crippen LogP contribution in [0.2, 0.25) is 0 Å². The highest BCUT2D eigenvalue weighted by atomic mass is 19.3. The molecule has 0 aliphatic rings. The number of halogens is 2. The molecule has 0 unspecified atom stereocenters. The van der Waals surface area contributed by atoms with Crippen LogP contribution in [0.4, 0.5) is 8.78 Å². The molecule has 1 heterocycles. The van der Waals surface area contributed by atoms with E-state index in [1.165, 1.54) is 0 Å². The predicted molar refractivity (Wildman–Crippen MR) is 43.5 cm³/mol. The summed E-state index contributed by atoms with van der Waals surface area (Å²) in [7, 11) is 0.